The zero-order valence-corrected chi connectivity index (χ0v) is 10.6. The lowest BCUT2D eigenvalue weighted by molar-refractivity contribution is 0.572. The van der Waals surface area contributed by atoms with E-state index in [1.807, 2.05) is 6.07 Å². The third-order valence-corrected chi connectivity index (χ3v) is 3.89. The molecule has 19 heavy (non-hydrogen) atoms. The number of rotatable bonds is 3. The van der Waals surface area contributed by atoms with E-state index in [-0.39, 0.29) is 10.6 Å². The summed E-state index contributed by atoms with van der Waals surface area (Å²) in [5.41, 5.74) is 1.08. The van der Waals surface area contributed by atoms with Gasteiger partial charge in [0.25, 0.3) is 0 Å². The van der Waals surface area contributed by atoms with E-state index in [1.54, 1.807) is 24.3 Å². The van der Waals surface area contributed by atoms with E-state index in [4.69, 9.17) is 5.26 Å². The van der Waals surface area contributed by atoms with Gasteiger partial charge in [-0.15, -0.1) is 0 Å². The van der Waals surface area contributed by atoms with Gasteiger partial charge in [-0.3, -0.25) is 4.21 Å². The molecule has 0 aliphatic carbocycles. The molecule has 0 spiro atoms. The SMILES string of the molecule is N#Cc1cccc(CS(=O)c2cc(F)ccc2F)c1. The third-order valence-electron chi connectivity index (χ3n) is 2.49. The van der Waals surface area contributed by atoms with Crippen LogP contribution in [0.15, 0.2) is 47.4 Å². The summed E-state index contributed by atoms with van der Waals surface area (Å²) in [6.45, 7) is 0. The molecule has 1 atom stereocenters. The summed E-state index contributed by atoms with van der Waals surface area (Å²) < 4.78 is 38.5. The van der Waals surface area contributed by atoms with Crippen LogP contribution in [0.25, 0.3) is 0 Å². The summed E-state index contributed by atoms with van der Waals surface area (Å²) in [5, 5.41) is 8.76. The topological polar surface area (TPSA) is 40.9 Å². The Morgan fingerprint density at radius 3 is 2.68 bits per heavy atom. The molecule has 0 saturated heterocycles. The van der Waals surface area contributed by atoms with Crippen LogP contribution in [0.5, 0.6) is 0 Å². The number of nitriles is 1. The zero-order chi connectivity index (χ0) is 13.8. The molecule has 5 heteroatoms. The van der Waals surface area contributed by atoms with Gasteiger partial charge in [-0.1, -0.05) is 12.1 Å². The minimum absolute atomic E-state index is 0.0376. The molecule has 0 heterocycles. The first-order valence-electron chi connectivity index (χ1n) is 5.42. The van der Waals surface area contributed by atoms with Crippen LogP contribution in [0.4, 0.5) is 8.78 Å². The Balaban J connectivity index is 2.26. The predicted octanol–water partition coefficient (Wildman–Crippen LogP) is 3.14. The first-order chi connectivity index (χ1) is 9.10. The molecular formula is C14H9F2NOS. The Kier molecular flexibility index (Phi) is 4.03. The highest BCUT2D eigenvalue weighted by atomic mass is 32.2. The van der Waals surface area contributed by atoms with E-state index in [0.29, 0.717) is 11.1 Å². The Morgan fingerprint density at radius 1 is 1.16 bits per heavy atom. The van der Waals surface area contributed by atoms with Crippen molar-refractivity contribution in [2.45, 2.75) is 10.6 Å². The lowest BCUT2D eigenvalue weighted by atomic mass is 10.2. The normalized spacial score (nSPS) is 11.8. The predicted molar refractivity (Wildman–Crippen MR) is 67.6 cm³/mol. The highest BCUT2D eigenvalue weighted by molar-refractivity contribution is 7.84. The monoisotopic (exact) mass is 277 g/mol. The molecule has 1 unspecified atom stereocenters. The summed E-state index contributed by atoms with van der Waals surface area (Å²) in [4.78, 5) is -0.164. The lowest BCUT2D eigenvalue weighted by Gasteiger charge is -2.04. The molecule has 0 aromatic heterocycles. The molecule has 0 saturated carbocycles. The molecule has 2 aromatic rings. The van der Waals surface area contributed by atoms with Crippen LogP contribution in [0.2, 0.25) is 0 Å². The van der Waals surface area contributed by atoms with Crippen LogP contribution in [-0.2, 0) is 16.6 Å². The van der Waals surface area contributed by atoms with E-state index in [0.717, 1.165) is 18.2 Å². The van der Waals surface area contributed by atoms with Crippen molar-refractivity contribution in [1.82, 2.24) is 0 Å². The first-order valence-corrected chi connectivity index (χ1v) is 6.74. The van der Waals surface area contributed by atoms with Crippen molar-refractivity contribution in [1.29, 1.82) is 5.26 Å². The fourth-order valence-corrected chi connectivity index (χ4v) is 2.78. The molecule has 0 aliphatic heterocycles. The fourth-order valence-electron chi connectivity index (χ4n) is 1.61. The molecule has 2 rings (SSSR count). The number of hydrogen-bond donors (Lipinski definition) is 0. The summed E-state index contributed by atoms with van der Waals surface area (Å²) in [7, 11) is -1.69. The Morgan fingerprint density at radius 2 is 1.95 bits per heavy atom. The molecule has 2 nitrogen and oxygen atoms in total. The second-order valence-electron chi connectivity index (χ2n) is 3.88. The Hall–Kier alpha value is -2.06. The van der Waals surface area contributed by atoms with E-state index in [2.05, 4.69) is 0 Å². The van der Waals surface area contributed by atoms with Gasteiger partial charge in [0, 0.05) is 0 Å². The van der Waals surface area contributed by atoms with Crippen molar-refractivity contribution < 1.29 is 13.0 Å². The van der Waals surface area contributed by atoms with Crippen molar-refractivity contribution >= 4 is 10.8 Å². The lowest BCUT2D eigenvalue weighted by Crippen LogP contribution is -2.00. The van der Waals surface area contributed by atoms with Gasteiger partial charge in [0.15, 0.2) is 0 Å². The number of nitrogens with zero attached hydrogens (tertiary/aromatic N) is 1. The Bertz CT molecular complexity index is 679. The maximum absolute atomic E-state index is 13.5. The third kappa shape index (κ3) is 3.24. The quantitative estimate of drug-likeness (QED) is 0.864. The highest BCUT2D eigenvalue weighted by Crippen LogP contribution is 2.18. The second-order valence-corrected chi connectivity index (χ2v) is 5.30. The number of hydrogen-bond acceptors (Lipinski definition) is 2. The van der Waals surface area contributed by atoms with Gasteiger partial charge in [-0.2, -0.15) is 5.26 Å². The molecule has 0 N–H and O–H groups in total. The average Bonchev–Trinajstić information content (AvgIpc) is 2.41. The van der Waals surface area contributed by atoms with Crippen LogP contribution in [-0.4, -0.2) is 4.21 Å². The molecule has 0 radical (unpaired) electrons. The van der Waals surface area contributed by atoms with E-state index in [9.17, 15) is 13.0 Å². The van der Waals surface area contributed by atoms with Gasteiger partial charge in [0.2, 0.25) is 0 Å². The molecule has 2 aromatic carbocycles. The Labute approximate surface area is 111 Å². The fraction of sp³-hybridized carbons (Fsp3) is 0.0714. The van der Waals surface area contributed by atoms with Gasteiger partial charge in [-0.25, -0.2) is 8.78 Å². The van der Waals surface area contributed by atoms with Crippen LogP contribution >= 0.6 is 0 Å². The zero-order valence-electron chi connectivity index (χ0n) is 9.77. The smallest absolute Gasteiger partial charge is 0.139 e. The van der Waals surface area contributed by atoms with E-state index >= 15 is 0 Å². The van der Waals surface area contributed by atoms with Crippen molar-refractivity contribution in [3.05, 3.63) is 65.2 Å². The molecular weight excluding hydrogens is 268 g/mol. The summed E-state index contributed by atoms with van der Waals surface area (Å²) in [5.74, 6) is -1.29. The van der Waals surface area contributed by atoms with Crippen LogP contribution in [0.3, 0.4) is 0 Å². The van der Waals surface area contributed by atoms with Crippen molar-refractivity contribution in [3.63, 3.8) is 0 Å². The molecule has 96 valence electrons. The average molecular weight is 277 g/mol. The van der Waals surface area contributed by atoms with Crippen LogP contribution < -0.4 is 0 Å². The van der Waals surface area contributed by atoms with Gasteiger partial charge >= 0.3 is 0 Å². The minimum Gasteiger partial charge on any atom is -0.254 e. The maximum Gasteiger partial charge on any atom is 0.139 e. The van der Waals surface area contributed by atoms with Gasteiger partial charge in [-0.05, 0) is 35.9 Å². The summed E-state index contributed by atoms with van der Waals surface area (Å²) >= 11 is 0. The van der Waals surface area contributed by atoms with Crippen molar-refractivity contribution in [2.75, 3.05) is 0 Å². The van der Waals surface area contributed by atoms with E-state index < -0.39 is 22.4 Å². The molecule has 0 amide bonds. The standard InChI is InChI=1S/C14H9F2NOS/c15-12-4-5-13(16)14(7-12)19(18)9-11-3-1-2-10(6-11)8-17/h1-7H,9H2. The van der Waals surface area contributed by atoms with Gasteiger partial charge < -0.3 is 0 Å². The second kappa shape index (κ2) is 5.72. The molecule has 0 aliphatic rings. The maximum atomic E-state index is 13.5. The highest BCUT2D eigenvalue weighted by Gasteiger charge is 2.12. The van der Waals surface area contributed by atoms with Gasteiger partial charge in [0.1, 0.15) is 11.6 Å². The minimum atomic E-state index is -1.69. The van der Waals surface area contributed by atoms with Crippen molar-refractivity contribution in [3.8, 4) is 6.07 Å². The van der Waals surface area contributed by atoms with Crippen molar-refractivity contribution in [2.24, 2.45) is 0 Å². The summed E-state index contributed by atoms with van der Waals surface area (Å²) in [6, 6.07) is 11.4. The van der Waals surface area contributed by atoms with Crippen LogP contribution in [0, 0.1) is 23.0 Å². The van der Waals surface area contributed by atoms with E-state index in [1.165, 1.54) is 0 Å². The summed E-state index contributed by atoms with van der Waals surface area (Å²) in [6.07, 6.45) is 0. The molecule has 0 fully saturated rings. The van der Waals surface area contributed by atoms with Gasteiger partial charge in [0.05, 0.1) is 33.1 Å². The van der Waals surface area contributed by atoms with Crippen LogP contribution in [0.1, 0.15) is 11.1 Å². The largest absolute Gasteiger partial charge is 0.254 e. The molecule has 0 bridgehead atoms. The number of benzene rings is 2. The number of halogens is 2. The first kappa shape index (κ1) is 13.4.